The van der Waals surface area contributed by atoms with E-state index in [-0.39, 0.29) is 0 Å². The van der Waals surface area contributed by atoms with Crippen molar-refractivity contribution in [2.45, 2.75) is 70.3 Å². The number of hydrogen-bond acceptors (Lipinski definition) is 1. The molecule has 1 heteroatoms. The van der Waals surface area contributed by atoms with Crippen LogP contribution in [0.25, 0.3) is 0 Å². The molecule has 0 aromatic rings. The number of allylic oxidation sites excluding steroid dienone is 1. The highest BCUT2D eigenvalue weighted by atomic mass is 16.5. The maximum absolute atomic E-state index is 5.45. The van der Waals surface area contributed by atoms with Crippen molar-refractivity contribution in [2.75, 3.05) is 7.11 Å². The average Bonchev–Trinajstić information content (AvgIpc) is 2.46. The Kier molecular flexibility index (Phi) is 5.75. The first-order valence-electron chi connectivity index (χ1n) is 7.97. The first-order chi connectivity index (χ1) is 8.81. The fourth-order valence-corrected chi connectivity index (χ4v) is 3.84. The van der Waals surface area contributed by atoms with Gasteiger partial charge in [0, 0.05) is 7.11 Å². The van der Waals surface area contributed by atoms with Crippen LogP contribution in [0.1, 0.15) is 64.2 Å². The maximum Gasteiger partial charge on any atom is 0.0571 e. The summed E-state index contributed by atoms with van der Waals surface area (Å²) in [7, 11) is 1.86. The predicted molar refractivity (Wildman–Crippen MR) is 77.6 cm³/mol. The lowest BCUT2D eigenvalue weighted by Crippen LogP contribution is -2.21. The van der Waals surface area contributed by atoms with Crippen molar-refractivity contribution >= 4 is 0 Å². The lowest BCUT2D eigenvalue weighted by Gasteiger charge is -2.30. The molecule has 0 heterocycles. The van der Waals surface area contributed by atoms with E-state index in [0.717, 1.165) is 17.8 Å². The number of rotatable bonds is 5. The van der Waals surface area contributed by atoms with Gasteiger partial charge in [-0.05, 0) is 69.1 Å². The van der Waals surface area contributed by atoms with E-state index in [0.29, 0.717) is 6.10 Å². The van der Waals surface area contributed by atoms with Gasteiger partial charge in [0.15, 0.2) is 0 Å². The first-order valence-corrected chi connectivity index (χ1v) is 7.97. The topological polar surface area (TPSA) is 9.23 Å². The molecule has 0 bridgehead atoms. The highest BCUT2D eigenvalue weighted by Gasteiger charge is 2.23. The Morgan fingerprint density at radius 1 is 0.889 bits per heavy atom. The fourth-order valence-electron chi connectivity index (χ4n) is 3.84. The van der Waals surface area contributed by atoms with Crippen LogP contribution >= 0.6 is 0 Å². The molecule has 0 atom stereocenters. The molecule has 2 saturated carbocycles. The summed E-state index contributed by atoms with van der Waals surface area (Å²) >= 11 is 0. The SMILES string of the molecule is C=C[C@H]1CC[C@H](CC[C@H]2CC[C@H](OC)CC2)CC1. The van der Waals surface area contributed by atoms with Crippen molar-refractivity contribution < 1.29 is 4.74 Å². The van der Waals surface area contributed by atoms with Gasteiger partial charge in [0.2, 0.25) is 0 Å². The van der Waals surface area contributed by atoms with E-state index < -0.39 is 0 Å². The molecule has 0 N–H and O–H groups in total. The minimum absolute atomic E-state index is 0.560. The molecule has 0 aromatic heterocycles. The van der Waals surface area contributed by atoms with E-state index in [4.69, 9.17) is 4.74 Å². The van der Waals surface area contributed by atoms with Crippen LogP contribution in [0.3, 0.4) is 0 Å². The molecule has 2 aliphatic carbocycles. The average molecular weight is 250 g/mol. The van der Waals surface area contributed by atoms with Crippen LogP contribution in [-0.4, -0.2) is 13.2 Å². The molecule has 0 aromatic carbocycles. The van der Waals surface area contributed by atoms with Gasteiger partial charge < -0.3 is 4.74 Å². The lowest BCUT2D eigenvalue weighted by atomic mass is 9.77. The summed E-state index contributed by atoms with van der Waals surface area (Å²) in [6, 6.07) is 0. The lowest BCUT2D eigenvalue weighted by molar-refractivity contribution is 0.0541. The Balaban J connectivity index is 1.60. The third-order valence-corrected chi connectivity index (χ3v) is 5.34. The number of hydrogen-bond donors (Lipinski definition) is 0. The van der Waals surface area contributed by atoms with Gasteiger partial charge in [0.05, 0.1) is 6.10 Å². The zero-order chi connectivity index (χ0) is 12.8. The van der Waals surface area contributed by atoms with Gasteiger partial charge in [0.25, 0.3) is 0 Å². The molecule has 0 aliphatic heterocycles. The van der Waals surface area contributed by atoms with Crippen molar-refractivity contribution in [1.82, 2.24) is 0 Å². The van der Waals surface area contributed by atoms with Crippen LogP contribution in [0.4, 0.5) is 0 Å². The van der Waals surface area contributed by atoms with Gasteiger partial charge in [-0.3, -0.25) is 0 Å². The molecular weight excluding hydrogens is 220 g/mol. The minimum atomic E-state index is 0.560. The molecule has 104 valence electrons. The summed E-state index contributed by atoms with van der Waals surface area (Å²) in [6.07, 6.45) is 16.8. The van der Waals surface area contributed by atoms with Crippen LogP contribution < -0.4 is 0 Å². The molecule has 2 fully saturated rings. The van der Waals surface area contributed by atoms with E-state index in [2.05, 4.69) is 12.7 Å². The van der Waals surface area contributed by atoms with Crippen molar-refractivity contribution in [1.29, 1.82) is 0 Å². The van der Waals surface area contributed by atoms with Gasteiger partial charge in [-0.25, -0.2) is 0 Å². The summed E-state index contributed by atoms with van der Waals surface area (Å²) < 4.78 is 5.45. The normalized spacial score (nSPS) is 37.4. The van der Waals surface area contributed by atoms with Crippen LogP contribution in [0, 0.1) is 17.8 Å². The molecule has 18 heavy (non-hydrogen) atoms. The Hall–Kier alpha value is -0.300. The third-order valence-electron chi connectivity index (χ3n) is 5.34. The Bertz CT molecular complexity index is 232. The number of ether oxygens (including phenoxy) is 1. The van der Waals surface area contributed by atoms with Gasteiger partial charge in [-0.1, -0.05) is 18.9 Å². The molecule has 2 rings (SSSR count). The summed E-state index contributed by atoms with van der Waals surface area (Å²) in [4.78, 5) is 0. The highest BCUT2D eigenvalue weighted by molar-refractivity contribution is 4.84. The molecular formula is C17H30O. The second-order valence-corrected chi connectivity index (χ2v) is 6.47. The maximum atomic E-state index is 5.45. The largest absolute Gasteiger partial charge is 0.381 e. The summed E-state index contributed by atoms with van der Waals surface area (Å²) in [5.41, 5.74) is 0. The zero-order valence-electron chi connectivity index (χ0n) is 12.1. The smallest absolute Gasteiger partial charge is 0.0571 e. The van der Waals surface area contributed by atoms with Crippen LogP contribution in [-0.2, 0) is 4.74 Å². The Morgan fingerprint density at radius 2 is 1.39 bits per heavy atom. The van der Waals surface area contributed by atoms with Crippen LogP contribution in [0.15, 0.2) is 12.7 Å². The monoisotopic (exact) mass is 250 g/mol. The van der Waals surface area contributed by atoms with Crippen molar-refractivity contribution in [2.24, 2.45) is 17.8 Å². The van der Waals surface area contributed by atoms with Crippen molar-refractivity contribution in [3.8, 4) is 0 Å². The predicted octanol–water partition coefficient (Wildman–Crippen LogP) is 4.96. The van der Waals surface area contributed by atoms with E-state index in [1.807, 2.05) is 7.11 Å². The third kappa shape index (κ3) is 4.12. The zero-order valence-corrected chi connectivity index (χ0v) is 12.1. The van der Waals surface area contributed by atoms with Crippen molar-refractivity contribution in [3.05, 3.63) is 12.7 Å². The van der Waals surface area contributed by atoms with Crippen molar-refractivity contribution in [3.63, 3.8) is 0 Å². The highest BCUT2D eigenvalue weighted by Crippen LogP contribution is 2.35. The Labute approximate surface area is 113 Å². The molecule has 1 nitrogen and oxygen atoms in total. The molecule has 0 amide bonds. The van der Waals surface area contributed by atoms with E-state index in [9.17, 15) is 0 Å². The van der Waals surface area contributed by atoms with Gasteiger partial charge in [-0.15, -0.1) is 6.58 Å². The standard InChI is InChI=1S/C17H30O/c1-3-14-4-6-15(7-5-14)8-9-16-10-12-17(18-2)13-11-16/h3,14-17H,1,4-13H2,2H3/t14-,15-,16-,17-. The molecule has 0 unspecified atom stereocenters. The summed E-state index contributed by atoms with van der Waals surface area (Å²) in [6.45, 7) is 3.93. The van der Waals surface area contributed by atoms with E-state index in [1.165, 1.54) is 64.2 Å². The van der Waals surface area contributed by atoms with E-state index in [1.54, 1.807) is 0 Å². The summed E-state index contributed by atoms with van der Waals surface area (Å²) in [5, 5.41) is 0. The number of methoxy groups -OCH3 is 1. The fraction of sp³-hybridized carbons (Fsp3) is 0.882. The second kappa shape index (κ2) is 7.33. The van der Waals surface area contributed by atoms with Gasteiger partial charge >= 0.3 is 0 Å². The van der Waals surface area contributed by atoms with E-state index >= 15 is 0 Å². The van der Waals surface area contributed by atoms with Crippen LogP contribution in [0.2, 0.25) is 0 Å². The molecule has 0 radical (unpaired) electrons. The van der Waals surface area contributed by atoms with Gasteiger partial charge in [0.1, 0.15) is 0 Å². The molecule has 0 saturated heterocycles. The first kappa shape index (κ1) is 14.1. The Morgan fingerprint density at radius 3 is 1.83 bits per heavy atom. The van der Waals surface area contributed by atoms with Gasteiger partial charge in [-0.2, -0.15) is 0 Å². The summed E-state index contributed by atoms with van der Waals surface area (Å²) in [5.74, 6) is 2.83. The quantitative estimate of drug-likeness (QED) is 0.626. The second-order valence-electron chi connectivity index (χ2n) is 6.47. The molecule has 0 spiro atoms. The molecule has 2 aliphatic rings. The minimum Gasteiger partial charge on any atom is -0.381 e. The van der Waals surface area contributed by atoms with Crippen LogP contribution in [0.5, 0.6) is 0 Å².